The SMILES string of the molecule is COc1ccc(-c2nnnn2C2(C)CCOC2)cc1N. The largest absolute Gasteiger partial charge is 0.495 e. The minimum absolute atomic E-state index is 0.215. The molecule has 20 heavy (non-hydrogen) atoms. The van der Waals surface area contributed by atoms with Crippen LogP contribution in [0.4, 0.5) is 5.69 Å². The van der Waals surface area contributed by atoms with Crippen molar-refractivity contribution in [2.24, 2.45) is 0 Å². The summed E-state index contributed by atoms with van der Waals surface area (Å²) < 4.78 is 12.5. The monoisotopic (exact) mass is 275 g/mol. The van der Waals surface area contributed by atoms with E-state index in [1.165, 1.54) is 0 Å². The minimum atomic E-state index is -0.215. The fourth-order valence-electron chi connectivity index (χ4n) is 2.43. The lowest BCUT2D eigenvalue weighted by atomic mass is 10.0. The Morgan fingerprint density at radius 3 is 2.95 bits per heavy atom. The molecule has 2 N–H and O–H groups in total. The molecule has 1 saturated heterocycles. The molecule has 7 nitrogen and oxygen atoms in total. The molecule has 1 aromatic heterocycles. The van der Waals surface area contributed by atoms with E-state index in [2.05, 4.69) is 22.4 Å². The van der Waals surface area contributed by atoms with Crippen LogP contribution in [0.15, 0.2) is 18.2 Å². The van der Waals surface area contributed by atoms with E-state index in [4.69, 9.17) is 15.2 Å². The number of nitrogen functional groups attached to an aromatic ring is 1. The second-order valence-corrected chi connectivity index (χ2v) is 5.17. The van der Waals surface area contributed by atoms with Gasteiger partial charge in [-0.05, 0) is 42.0 Å². The van der Waals surface area contributed by atoms with E-state index in [0.29, 0.717) is 23.9 Å². The predicted octanol–water partition coefficient (Wildman–Crippen LogP) is 1.07. The molecule has 0 radical (unpaired) electrons. The Hall–Kier alpha value is -2.15. The summed E-state index contributed by atoms with van der Waals surface area (Å²) in [5, 5.41) is 12.0. The van der Waals surface area contributed by atoms with E-state index in [1.807, 2.05) is 22.9 Å². The van der Waals surface area contributed by atoms with Crippen LogP contribution in [0.2, 0.25) is 0 Å². The van der Waals surface area contributed by atoms with Gasteiger partial charge in [-0.1, -0.05) is 0 Å². The van der Waals surface area contributed by atoms with Gasteiger partial charge < -0.3 is 15.2 Å². The minimum Gasteiger partial charge on any atom is -0.495 e. The first-order valence-electron chi connectivity index (χ1n) is 6.44. The van der Waals surface area contributed by atoms with Crippen molar-refractivity contribution in [3.63, 3.8) is 0 Å². The van der Waals surface area contributed by atoms with Crippen molar-refractivity contribution >= 4 is 5.69 Å². The number of ether oxygens (including phenoxy) is 2. The molecule has 2 heterocycles. The molecule has 1 aliphatic heterocycles. The number of hydrogen-bond acceptors (Lipinski definition) is 6. The third-order valence-electron chi connectivity index (χ3n) is 3.67. The van der Waals surface area contributed by atoms with Gasteiger partial charge in [0.05, 0.1) is 24.9 Å². The highest BCUT2D eigenvalue weighted by Crippen LogP contribution is 2.32. The van der Waals surface area contributed by atoms with Crippen LogP contribution in [0.1, 0.15) is 13.3 Å². The second kappa shape index (κ2) is 4.75. The maximum Gasteiger partial charge on any atom is 0.182 e. The van der Waals surface area contributed by atoms with Crippen molar-refractivity contribution in [2.45, 2.75) is 18.9 Å². The Morgan fingerprint density at radius 2 is 2.30 bits per heavy atom. The summed E-state index contributed by atoms with van der Waals surface area (Å²) in [6, 6.07) is 5.54. The summed E-state index contributed by atoms with van der Waals surface area (Å²) in [5.41, 5.74) is 7.16. The number of methoxy groups -OCH3 is 1. The summed E-state index contributed by atoms with van der Waals surface area (Å²) >= 11 is 0. The first-order valence-corrected chi connectivity index (χ1v) is 6.44. The van der Waals surface area contributed by atoms with Crippen molar-refractivity contribution in [1.82, 2.24) is 20.2 Å². The zero-order valence-electron chi connectivity index (χ0n) is 11.5. The maximum atomic E-state index is 5.95. The van der Waals surface area contributed by atoms with Gasteiger partial charge in [-0.25, -0.2) is 4.68 Å². The van der Waals surface area contributed by atoms with E-state index in [-0.39, 0.29) is 5.54 Å². The molecule has 1 atom stereocenters. The van der Waals surface area contributed by atoms with E-state index in [0.717, 1.165) is 18.6 Å². The summed E-state index contributed by atoms with van der Waals surface area (Å²) in [4.78, 5) is 0. The number of tetrazole rings is 1. The number of rotatable bonds is 3. The van der Waals surface area contributed by atoms with Crippen molar-refractivity contribution in [3.8, 4) is 17.1 Å². The number of nitrogens with zero attached hydrogens (tertiary/aromatic N) is 4. The smallest absolute Gasteiger partial charge is 0.182 e. The average Bonchev–Trinajstić information content (AvgIpc) is 3.08. The van der Waals surface area contributed by atoms with Gasteiger partial charge in [0, 0.05) is 12.2 Å². The van der Waals surface area contributed by atoms with E-state index >= 15 is 0 Å². The molecule has 1 unspecified atom stereocenters. The molecule has 106 valence electrons. The van der Waals surface area contributed by atoms with E-state index in [1.54, 1.807) is 7.11 Å². The zero-order valence-corrected chi connectivity index (χ0v) is 11.5. The molecule has 0 spiro atoms. The van der Waals surface area contributed by atoms with Crippen LogP contribution in [0.25, 0.3) is 11.4 Å². The molecule has 3 rings (SSSR count). The first-order chi connectivity index (χ1) is 9.64. The Labute approximate surface area is 116 Å². The quantitative estimate of drug-likeness (QED) is 0.843. The third-order valence-corrected chi connectivity index (χ3v) is 3.67. The lowest BCUT2D eigenvalue weighted by Gasteiger charge is -2.23. The van der Waals surface area contributed by atoms with Gasteiger partial charge in [0.1, 0.15) is 5.75 Å². The molecule has 0 aliphatic carbocycles. The molecular weight excluding hydrogens is 258 g/mol. The number of benzene rings is 1. The van der Waals surface area contributed by atoms with Crippen LogP contribution in [0.5, 0.6) is 5.75 Å². The van der Waals surface area contributed by atoms with Crippen LogP contribution in [-0.2, 0) is 10.3 Å². The lowest BCUT2D eigenvalue weighted by molar-refractivity contribution is 0.155. The highest BCUT2D eigenvalue weighted by Gasteiger charge is 2.35. The Kier molecular flexibility index (Phi) is 3.06. The van der Waals surface area contributed by atoms with Crippen molar-refractivity contribution < 1.29 is 9.47 Å². The van der Waals surface area contributed by atoms with Crippen molar-refractivity contribution in [2.75, 3.05) is 26.1 Å². The Balaban J connectivity index is 2.03. The average molecular weight is 275 g/mol. The van der Waals surface area contributed by atoms with Gasteiger partial charge in [0.2, 0.25) is 0 Å². The number of aromatic nitrogens is 4. The molecule has 0 saturated carbocycles. The standard InChI is InChI=1S/C13H17N5O2/c1-13(5-6-20-8-13)18-12(15-16-17-18)9-3-4-11(19-2)10(14)7-9/h3-4,7H,5-6,8,14H2,1-2H3. The molecule has 1 aromatic carbocycles. The van der Waals surface area contributed by atoms with Crippen LogP contribution in [0, 0.1) is 0 Å². The summed E-state index contributed by atoms with van der Waals surface area (Å²) in [5.74, 6) is 1.33. The normalized spacial score (nSPS) is 22.1. The van der Waals surface area contributed by atoms with Crippen LogP contribution in [-0.4, -0.2) is 40.5 Å². The topological polar surface area (TPSA) is 88.1 Å². The van der Waals surface area contributed by atoms with Gasteiger partial charge in [0.25, 0.3) is 0 Å². The number of hydrogen-bond donors (Lipinski definition) is 1. The predicted molar refractivity (Wildman–Crippen MR) is 73.3 cm³/mol. The van der Waals surface area contributed by atoms with Crippen LogP contribution < -0.4 is 10.5 Å². The van der Waals surface area contributed by atoms with Gasteiger partial charge in [0.15, 0.2) is 5.82 Å². The van der Waals surface area contributed by atoms with Gasteiger partial charge in [-0.15, -0.1) is 5.10 Å². The molecule has 1 aliphatic rings. The second-order valence-electron chi connectivity index (χ2n) is 5.17. The molecule has 0 bridgehead atoms. The number of anilines is 1. The van der Waals surface area contributed by atoms with Gasteiger partial charge in [-0.3, -0.25) is 0 Å². The Morgan fingerprint density at radius 1 is 1.45 bits per heavy atom. The van der Waals surface area contributed by atoms with Crippen molar-refractivity contribution in [1.29, 1.82) is 0 Å². The van der Waals surface area contributed by atoms with Crippen LogP contribution >= 0.6 is 0 Å². The van der Waals surface area contributed by atoms with Crippen molar-refractivity contribution in [3.05, 3.63) is 18.2 Å². The lowest BCUT2D eigenvalue weighted by Crippen LogP contribution is -2.32. The fourth-order valence-corrected chi connectivity index (χ4v) is 2.43. The van der Waals surface area contributed by atoms with Gasteiger partial charge in [-0.2, -0.15) is 0 Å². The Bertz CT molecular complexity index is 619. The molecular formula is C13H17N5O2. The first kappa shape index (κ1) is 12.9. The molecule has 0 amide bonds. The van der Waals surface area contributed by atoms with E-state index in [9.17, 15) is 0 Å². The molecule has 1 fully saturated rings. The zero-order chi connectivity index (χ0) is 14.2. The number of nitrogens with two attached hydrogens (primary N) is 1. The molecule has 2 aromatic rings. The third kappa shape index (κ3) is 2.00. The summed E-state index contributed by atoms with van der Waals surface area (Å²) in [6.45, 7) is 3.42. The van der Waals surface area contributed by atoms with E-state index < -0.39 is 0 Å². The summed E-state index contributed by atoms with van der Waals surface area (Å²) in [7, 11) is 1.59. The van der Waals surface area contributed by atoms with Gasteiger partial charge >= 0.3 is 0 Å². The highest BCUT2D eigenvalue weighted by atomic mass is 16.5. The maximum absolute atomic E-state index is 5.95. The molecule has 7 heteroatoms. The van der Waals surface area contributed by atoms with Crippen LogP contribution in [0.3, 0.4) is 0 Å². The summed E-state index contributed by atoms with van der Waals surface area (Å²) in [6.07, 6.45) is 0.886. The highest BCUT2D eigenvalue weighted by molar-refractivity contribution is 5.66. The fraction of sp³-hybridized carbons (Fsp3) is 0.462.